The molecule has 8 aromatic rings. The van der Waals surface area contributed by atoms with Gasteiger partial charge in [0.1, 0.15) is 5.58 Å². The molecule has 1 aliphatic carbocycles. The largest absolute Gasteiger partial charge is 0.501 e. The summed E-state index contributed by atoms with van der Waals surface area (Å²) in [4.78, 5) is 9.38. The fraction of sp³-hybridized carbons (Fsp3) is 0.216. The average molecular weight is 973 g/mol. The van der Waals surface area contributed by atoms with Crippen LogP contribution in [0.1, 0.15) is 58.8 Å². The van der Waals surface area contributed by atoms with Crippen LogP contribution in [0.25, 0.3) is 66.7 Å². The number of aromatic nitrogens is 2. The molecular weight excluding hydrogens is 921 g/mol. The zero-order valence-electron chi connectivity index (χ0n) is 35.5. The first-order valence-corrected chi connectivity index (χ1v) is 26.8. The third-order valence-corrected chi connectivity index (χ3v) is 15.4. The number of benzene rings is 5. The SMILES string of the molecule is [2H]C([2H])([2H])c1c[c-]c(-c2cc(C)[c]([Ge]([CH3])([CH3])[CH3])cn2)cc1-c1ccccc1.[Ir].[c-]1ccc2c(oc3cc(-c4ccccc4)ccc32)c1-c1cc(C2CCCCC2)ccn1. The predicted octanol–water partition coefficient (Wildman–Crippen LogP) is 13.5. The summed E-state index contributed by atoms with van der Waals surface area (Å²) in [6, 6.07) is 47.2. The van der Waals surface area contributed by atoms with Crippen LogP contribution in [0, 0.1) is 25.9 Å². The van der Waals surface area contributed by atoms with Crippen molar-refractivity contribution in [3.05, 3.63) is 163 Å². The van der Waals surface area contributed by atoms with Gasteiger partial charge in [-0.2, -0.15) is 0 Å². The number of fused-ring (bicyclic) bond motifs is 3. The number of nitrogens with zero attached hydrogens (tertiary/aromatic N) is 2. The minimum atomic E-state index is -2.19. The van der Waals surface area contributed by atoms with Crippen molar-refractivity contribution in [3.63, 3.8) is 0 Å². The van der Waals surface area contributed by atoms with E-state index < -0.39 is 20.1 Å². The molecule has 283 valence electrons. The van der Waals surface area contributed by atoms with E-state index in [1.54, 1.807) is 6.07 Å². The molecule has 56 heavy (non-hydrogen) atoms. The van der Waals surface area contributed by atoms with Crippen LogP contribution in [-0.4, -0.2) is 23.2 Å². The third-order valence-electron chi connectivity index (χ3n) is 10.9. The molecular formula is C51H48GeIrN2O-2. The monoisotopic (exact) mass is 974 g/mol. The number of hydrogen-bond acceptors (Lipinski definition) is 3. The van der Waals surface area contributed by atoms with E-state index in [4.69, 9.17) is 13.5 Å². The fourth-order valence-corrected chi connectivity index (χ4v) is 11.6. The Morgan fingerprint density at radius 1 is 0.714 bits per heavy atom. The van der Waals surface area contributed by atoms with Gasteiger partial charge in [0.15, 0.2) is 0 Å². The van der Waals surface area contributed by atoms with Gasteiger partial charge in [-0.05, 0) is 47.7 Å². The van der Waals surface area contributed by atoms with Crippen LogP contribution in [0.2, 0.25) is 17.3 Å². The van der Waals surface area contributed by atoms with Crippen LogP contribution in [0.5, 0.6) is 0 Å². The van der Waals surface area contributed by atoms with Crippen molar-refractivity contribution >= 4 is 39.6 Å². The van der Waals surface area contributed by atoms with Crippen molar-refractivity contribution in [1.29, 1.82) is 0 Å². The number of furan rings is 1. The number of aryl methyl sites for hydroxylation is 2. The van der Waals surface area contributed by atoms with Gasteiger partial charge in [0, 0.05) is 31.7 Å². The Labute approximate surface area is 352 Å². The van der Waals surface area contributed by atoms with Gasteiger partial charge in [0.05, 0.1) is 5.58 Å². The Hall–Kier alpha value is -4.61. The van der Waals surface area contributed by atoms with E-state index >= 15 is 0 Å². The molecule has 3 aromatic heterocycles. The molecule has 0 saturated heterocycles. The van der Waals surface area contributed by atoms with E-state index in [1.807, 2.05) is 60.9 Å². The van der Waals surface area contributed by atoms with E-state index in [2.05, 4.69) is 108 Å². The summed E-state index contributed by atoms with van der Waals surface area (Å²) >= 11 is -1.96. The molecule has 0 amide bonds. The Morgan fingerprint density at radius 3 is 2.18 bits per heavy atom. The van der Waals surface area contributed by atoms with E-state index in [9.17, 15) is 0 Å². The zero-order chi connectivity index (χ0) is 40.4. The summed E-state index contributed by atoms with van der Waals surface area (Å²) in [5.74, 6) is 7.72. The first-order valence-electron chi connectivity index (χ1n) is 20.9. The van der Waals surface area contributed by atoms with Crippen molar-refractivity contribution in [2.75, 3.05) is 0 Å². The van der Waals surface area contributed by atoms with Crippen LogP contribution in [-0.2, 0) is 20.1 Å². The summed E-state index contributed by atoms with van der Waals surface area (Å²) in [7, 11) is 0. The van der Waals surface area contributed by atoms with Gasteiger partial charge in [-0.15, -0.1) is 18.2 Å². The van der Waals surface area contributed by atoms with Crippen molar-refractivity contribution in [1.82, 2.24) is 9.97 Å². The van der Waals surface area contributed by atoms with Crippen LogP contribution in [0.4, 0.5) is 0 Å². The van der Waals surface area contributed by atoms with Gasteiger partial charge < -0.3 is 9.40 Å². The summed E-state index contributed by atoms with van der Waals surface area (Å²) in [5.41, 5.74) is 12.2. The molecule has 3 heterocycles. The normalized spacial score (nSPS) is 14.2. The summed E-state index contributed by atoms with van der Waals surface area (Å²) in [6.07, 6.45) is 10.5. The summed E-state index contributed by atoms with van der Waals surface area (Å²) < 4.78 is 31.4. The Morgan fingerprint density at radius 2 is 1.46 bits per heavy atom. The van der Waals surface area contributed by atoms with Gasteiger partial charge in [-0.25, -0.2) is 0 Å². The topological polar surface area (TPSA) is 38.9 Å². The van der Waals surface area contributed by atoms with E-state index in [0.29, 0.717) is 17.0 Å². The maximum atomic E-state index is 7.87. The van der Waals surface area contributed by atoms with Crippen molar-refractivity contribution < 1.29 is 28.6 Å². The molecule has 5 aromatic carbocycles. The quantitative estimate of drug-likeness (QED) is 0.123. The Balaban J connectivity index is 0.000000178. The molecule has 0 aliphatic heterocycles. The second-order valence-electron chi connectivity index (χ2n) is 15.8. The van der Waals surface area contributed by atoms with Crippen molar-refractivity contribution in [2.45, 2.75) is 69.1 Å². The smallest absolute Gasteiger partial charge is 0.121 e. The first kappa shape index (κ1) is 35.8. The second-order valence-corrected chi connectivity index (χ2v) is 26.3. The van der Waals surface area contributed by atoms with Crippen LogP contribution in [0.3, 0.4) is 0 Å². The summed E-state index contributed by atoms with van der Waals surface area (Å²) in [6.45, 7) is -0.0564. The maximum absolute atomic E-state index is 7.87. The molecule has 0 unspecified atom stereocenters. The molecule has 1 fully saturated rings. The van der Waals surface area contributed by atoms with Crippen molar-refractivity contribution in [3.8, 4) is 44.8 Å². The Bertz CT molecular complexity index is 2700. The zero-order valence-corrected chi connectivity index (χ0v) is 36.9. The second kappa shape index (κ2) is 17.3. The first-order chi connectivity index (χ1) is 27.9. The average Bonchev–Trinajstić information content (AvgIpc) is 3.62. The molecule has 0 bridgehead atoms. The van der Waals surface area contributed by atoms with Gasteiger partial charge >= 0.3 is 152 Å². The number of rotatable bonds is 6. The van der Waals surface area contributed by atoms with Gasteiger partial charge in [-0.3, -0.25) is 0 Å². The molecule has 1 radical (unpaired) electrons. The molecule has 0 N–H and O–H groups in total. The molecule has 1 saturated carbocycles. The molecule has 3 nitrogen and oxygen atoms in total. The van der Waals surface area contributed by atoms with E-state index in [1.165, 1.54) is 53.2 Å². The minimum Gasteiger partial charge on any atom is -0.501 e. The predicted molar refractivity (Wildman–Crippen MR) is 233 cm³/mol. The van der Waals surface area contributed by atoms with Crippen LogP contribution >= 0.6 is 0 Å². The molecule has 5 heteroatoms. The third kappa shape index (κ3) is 8.54. The number of hydrogen-bond donors (Lipinski definition) is 0. The standard InChI is InChI=1S/C29H24NO.C22H24GeN.Ir/c1-3-8-20(9-4-1)22-14-15-24-25-12-7-13-26(29(25)31-28(24)19-22)27-18-23(16-17-30-27)21-10-5-2-6-11-21;1-16-11-12-19(14-20(16)18-9-7-6-8-10-18)22-13-17(2)21(15-24-22)23(3,4)5;/h1,3-4,7-9,12,14-19,21H,2,5-6,10-11H2;6-11,13-15H,1-5H3;/q2*-1;/i;1D3;. The molecule has 0 spiro atoms. The summed E-state index contributed by atoms with van der Waals surface area (Å²) in [5, 5.41) is 2.25. The van der Waals surface area contributed by atoms with Crippen LogP contribution < -0.4 is 4.40 Å². The minimum absolute atomic E-state index is 0. The number of pyridine rings is 2. The van der Waals surface area contributed by atoms with Gasteiger partial charge in [0.25, 0.3) is 0 Å². The Kier molecular flexibility index (Phi) is 11.0. The molecule has 1 aliphatic rings. The van der Waals surface area contributed by atoms with E-state index in [0.717, 1.165) is 55.6 Å². The fourth-order valence-electron chi connectivity index (χ4n) is 8.00. The van der Waals surface area contributed by atoms with E-state index in [-0.39, 0.29) is 20.1 Å². The van der Waals surface area contributed by atoms with Crippen molar-refractivity contribution in [2.24, 2.45) is 0 Å². The molecule has 0 atom stereocenters. The maximum Gasteiger partial charge on any atom is 0.121 e. The van der Waals surface area contributed by atoms with Gasteiger partial charge in [0.2, 0.25) is 0 Å². The van der Waals surface area contributed by atoms with Crippen LogP contribution in [0.15, 0.2) is 138 Å². The van der Waals surface area contributed by atoms with Gasteiger partial charge in [-0.1, -0.05) is 84.3 Å². The molecule has 9 rings (SSSR count).